The summed E-state index contributed by atoms with van der Waals surface area (Å²) >= 11 is 12.2. The van der Waals surface area contributed by atoms with Gasteiger partial charge in [-0.2, -0.15) is 13.9 Å². The summed E-state index contributed by atoms with van der Waals surface area (Å²) in [6, 6.07) is 9.91. The Kier molecular flexibility index (Phi) is 6.78. The van der Waals surface area contributed by atoms with Gasteiger partial charge in [-0.05, 0) is 30.3 Å². The summed E-state index contributed by atoms with van der Waals surface area (Å²) in [5, 5.41) is 15.1. The molecule has 4 rings (SSSR count). The minimum atomic E-state index is -3.17. The molecule has 0 saturated carbocycles. The van der Waals surface area contributed by atoms with Crippen LogP contribution in [0.5, 0.6) is 0 Å². The lowest BCUT2D eigenvalue weighted by atomic mass is 10.2. The van der Waals surface area contributed by atoms with Gasteiger partial charge in [0.2, 0.25) is 5.95 Å². The second kappa shape index (κ2) is 9.72. The predicted octanol–water partition coefficient (Wildman–Crippen LogP) is 4.59. The molecule has 32 heavy (non-hydrogen) atoms. The highest BCUT2D eigenvalue weighted by atomic mass is 35.5. The third-order valence-corrected chi connectivity index (χ3v) is 5.31. The number of anilines is 1. The van der Waals surface area contributed by atoms with Gasteiger partial charge in [-0.1, -0.05) is 29.3 Å². The number of H-pyrrole nitrogens is 1. The van der Waals surface area contributed by atoms with E-state index < -0.39 is 12.5 Å². The molecule has 0 radical (unpaired) electrons. The van der Waals surface area contributed by atoms with Gasteiger partial charge in [0.25, 0.3) is 0 Å². The first-order valence-corrected chi connectivity index (χ1v) is 10.6. The lowest BCUT2D eigenvalue weighted by molar-refractivity contribution is 0.00582. The van der Waals surface area contributed by atoms with Gasteiger partial charge in [0.15, 0.2) is 0 Å². The van der Waals surface area contributed by atoms with Crippen molar-refractivity contribution < 1.29 is 8.78 Å². The summed E-state index contributed by atoms with van der Waals surface area (Å²) < 4.78 is 28.6. The normalized spacial score (nSPS) is 11.8. The number of hydrogen-bond donors (Lipinski definition) is 3. The fourth-order valence-electron chi connectivity index (χ4n) is 3.11. The summed E-state index contributed by atoms with van der Waals surface area (Å²) in [4.78, 5) is 12.0. The Labute approximate surface area is 192 Å². The first kappa shape index (κ1) is 22.3. The van der Waals surface area contributed by atoms with Gasteiger partial charge < -0.3 is 10.6 Å². The molecule has 0 saturated heterocycles. The first-order valence-electron chi connectivity index (χ1n) is 9.80. The van der Waals surface area contributed by atoms with Gasteiger partial charge in [-0.3, -0.25) is 10.1 Å². The molecular weight excluding hydrogens is 459 g/mol. The van der Waals surface area contributed by atoms with E-state index in [2.05, 4.69) is 35.8 Å². The van der Waals surface area contributed by atoms with E-state index in [-0.39, 0.29) is 11.6 Å². The molecule has 0 spiro atoms. The zero-order valence-corrected chi connectivity index (χ0v) is 18.3. The van der Waals surface area contributed by atoms with Crippen LogP contribution < -0.4 is 10.6 Å². The summed E-state index contributed by atoms with van der Waals surface area (Å²) in [6.45, 7) is 0.387. The number of alkyl halides is 2. The van der Waals surface area contributed by atoms with Crippen LogP contribution >= 0.6 is 23.2 Å². The summed E-state index contributed by atoms with van der Waals surface area (Å²) in [7, 11) is 0. The van der Waals surface area contributed by atoms with Gasteiger partial charge in [0.1, 0.15) is 5.69 Å². The molecule has 3 aromatic heterocycles. The minimum Gasteiger partial charge on any atom is -0.348 e. The van der Waals surface area contributed by atoms with Crippen LogP contribution in [0.2, 0.25) is 10.0 Å². The SMILES string of the molecule is FC(F)(CNc1ncc(Cl)c(CCNCc2n[nH]c3ccc(Cl)cc23)n1)c1ccccn1. The Hall–Kier alpha value is -2.88. The average molecular weight is 478 g/mol. The lowest BCUT2D eigenvalue weighted by Gasteiger charge is -2.16. The van der Waals surface area contributed by atoms with E-state index in [0.29, 0.717) is 35.2 Å². The van der Waals surface area contributed by atoms with Crippen LogP contribution in [-0.4, -0.2) is 38.2 Å². The van der Waals surface area contributed by atoms with Crippen molar-refractivity contribution in [2.24, 2.45) is 0 Å². The Morgan fingerprint density at radius 3 is 2.75 bits per heavy atom. The van der Waals surface area contributed by atoms with Crippen LogP contribution in [0.25, 0.3) is 10.9 Å². The fraction of sp³-hybridized carbons (Fsp3) is 0.238. The van der Waals surface area contributed by atoms with Crippen molar-refractivity contribution in [2.45, 2.75) is 18.9 Å². The zero-order chi connectivity index (χ0) is 22.6. The molecule has 0 fully saturated rings. The topological polar surface area (TPSA) is 91.4 Å². The number of nitrogens with one attached hydrogen (secondary N) is 3. The third-order valence-electron chi connectivity index (χ3n) is 4.76. The molecule has 0 aliphatic heterocycles. The van der Waals surface area contributed by atoms with E-state index in [9.17, 15) is 8.78 Å². The van der Waals surface area contributed by atoms with Gasteiger partial charge >= 0.3 is 5.92 Å². The molecule has 0 amide bonds. The molecule has 11 heteroatoms. The molecule has 1 aromatic carbocycles. The number of hydrogen-bond acceptors (Lipinski definition) is 6. The Morgan fingerprint density at radius 1 is 1.06 bits per heavy atom. The maximum Gasteiger partial charge on any atom is 0.306 e. The molecule has 0 bridgehead atoms. The maximum atomic E-state index is 14.3. The lowest BCUT2D eigenvalue weighted by Crippen LogP contribution is -2.26. The van der Waals surface area contributed by atoms with E-state index in [0.717, 1.165) is 16.6 Å². The highest BCUT2D eigenvalue weighted by molar-refractivity contribution is 6.31. The number of nitrogens with zero attached hydrogens (tertiary/aromatic N) is 4. The smallest absolute Gasteiger partial charge is 0.306 e. The number of pyridine rings is 1. The van der Waals surface area contributed by atoms with Crippen LogP contribution in [0.1, 0.15) is 17.1 Å². The van der Waals surface area contributed by atoms with Crippen molar-refractivity contribution in [2.75, 3.05) is 18.4 Å². The second-order valence-corrected chi connectivity index (χ2v) is 7.89. The van der Waals surface area contributed by atoms with E-state index in [1.807, 2.05) is 12.1 Å². The van der Waals surface area contributed by atoms with Crippen molar-refractivity contribution in [3.8, 4) is 0 Å². The standard InChI is InChI=1S/C21H19Cl2F2N7/c22-13-4-5-16-14(9-13)18(32-31-16)11-26-8-6-17-15(23)10-28-20(30-17)29-12-21(24,25)19-3-1-2-7-27-19/h1-5,7,9-10,26H,6,8,11-12H2,(H,31,32)(H,28,29,30). The van der Waals surface area contributed by atoms with Crippen molar-refractivity contribution in [1.29, 1.82) is 0 Å². The number of benzene rings is 1. The van der Waals surface area contributed by atoms with Gasteiger partial charge in [0, 0.05) is 36.1 Å². The molecule has 0 unspecified atom stereocenters. The minimum absolute atomic E-state index is 0.0768. The van der Waals surface area contributed by atoms with Crippen LogP contribution in [0.15, 0.2) is 48.8 Å². The van der Waals surface area contributed by atoms with E-state index in [1.54, 1.807) is 12.1 Å². The van der Waals surface area contributed by atoms with Crippen LogP contribution in [0.4, 0.5) is 14.7 Å². The Balaban J connectivity index is 1.33. The number of aromatic nitrogens is 5. The van der Waals surface area contributed by atoms with Crippen LogP contribution in [0.3, 0.4) is 0 Å². The Morgan fingerprint density at radius 2 is 1.94 bits per heavy atom. The van der Waals surface area contributed by atoms with Gasteiger partial charge in [-0.25, -0.2) is 9.97 Å². The highest BCUT2D eigenvalue weighted by Gasteiger charge is 2.33. The largest absolute Gasteiger partial charge is 0.348 e. The molecule has 0 atom stereocenters. The summed E-state index contributed by atoms with van der Waals surface area (Å²) in [6.07, 6.45) is 3.21. The predicted molar refractivity (Wildman–Crippen MR) is 120 cm³/mol. The second-order valence-electron chi connectivity index (χ2n) is 7.05. The van der Waals surface area contributed by atoms with Crippen molar-refractivity contribution in [1.82, 2.24) is 30.5 Å². The molecule has 4 aromatic rings. The molecule has 0 aliphatic rings. The quantitative estimate of drug-likeness (QED) is 0.305. The zero-order valence-electron chi connectivity index (χ0n) is 16.7. The Bertz CT molecular complexity index is 1200. The summed E-state index contributed by atoms with van der Waals surface area (Å²) in [5.74, 6) is -3.09. The number of fused-ring (bicyclic) bond motifs is 1. The summed E-state index contributed by atoms with van der Waals surface area (Å²) in [5.41, 5.74) is 1.98. The van der Waals surface area contributed by atoms with Gasteiger partial charge in [-0.15, -0.1) is 0 Å². The number of aromatic amines is 1. The van der Waals surface area contributed by atoms with Crippen molar-refractivity contribution >= 4 is 40.1 Å². The highest BCUT2D eigenvalue weighted by Crippen LogP contribution is 2.26. The van der Waals surface area contributed by atoms with Gasteiger partial charge in [0.05, 0.1) is 34.7 Å². The number of rotatable bonds is 9. The van der Waals surface area contributed by atoms with E-state index >= 15 is 0 Å². The van der Waals surface area contributed by atoms with E-state index in [4.69, 9.17) is 23.2 Å². The molecular formula is C21H19Cl2F2N7. The first-order chi connectivity index (χ1) is 15.4. The number of halogens is 4. The van der Waals surface area contributed by atoms with Crippen molar-refractivity contribution in [3.05, 3.63) is 75.9 Å². The fourth-order valence-corrected chi connectivity index (χ4v) is 3.47. The molecule has 3 N–H and O–H groups in total. The van der Waals surface area contributed by atoms with E-state index in [1.165, 1.54) is 24.5 Å². The average Bonchev–Trinajstić information content (AvgIpc) is 3.19. The molecule has 7 nitrogen and oxygen atoms in total. The molecule has 3 heterocycles. The monoisotopic (exact) mass is 477 g/mol. The van der Waals surface area contributed by atoms with Crippen LogP contribution in [0, 0.1) is 0 Å². The van der Waals surface area contributed by atoms with Crippen molar-refractivity contribution in [3.63, 3.8) is 0 Å². The third kappa shape index (κ3) is 5.29. The van der Waals surface area contributed by atoms with Crippen LogP contribution in [-0.2, 0) is 18.9 Å². The molecule has 166 valence electrons. The molecule has 0 aliphatic carbocycles. The maximum absolute atomic E-state index is 14.3.